The third kappa shape index (κ3) is 3.28. The van der Waals surface area contributed by atoms with Gasteiger partial charge in [-0.25, -0.2) is 0 Å². The minimum atomic E-state index is 0.803. The van der Waals surface area contributed by atoms with E-state index in [-0.39, 0.29) is 0 Å². The molecule has 0 N–H and O–H groups in total. The van der Waals surface area contributed by atoms with Crippen LogP contribution in [0.4, 0.5) is 0 Å². The first-order valence-corrected chi connectivity index (χ1v) is 4.78. The molecule has 0 saturated carbocycles. The zero-order valence-corrected chi connectivity index (χ0v) is 7.98. The van der Waals surface area contributed by atoms with Crippen LogP contribution in [0.2, 0.25) is 0 Å². The highest BCUT2D eigenvalue weighted by Crippen LogP contribution is 2.03. The molecule has 0 bridgehead atoms. The lowest BCUT2D eigenvalue weighted by molar-refractivity contribution is 0.475. The average Bonchev–Trinajstić information content (AvgIpc) is 2.05. The summed E-state index contributed by atoms with van der Waals surface area (Å²) >= 11 is 1.51. The maximum Gasteiger partial charge on any atom is 0.208 e. The highest BCUT2D eigenvalue weighted by molar-refractivity contribution is 8.13. The predicted octanol–water partition coefficient (Wildman–Crippen LogP) is 1.53. The van der Waals surface area contributed by atoms with Crippen LogP contribution in [-0.4, -0.2) is 29.4 Å². The van der Waals surface area contributed by atoms with Gasteiger partial charge in [0.1, 0.15) is 0 Å². The summed E-state index contributed by atoms with van der Waals surface area (Å²) < 4.78 is 0. The zero-order chi connectivity index (χ0) is 8.69. The SMILES string of the molecule is CCN(CC)/C(=N/C#N)SC. The molecule has 62 valence electrons. The molecule has 0 aromatic rings. The van der Waals surface area contributed by atoms with Gasteiger partial charge in [-0.3, -0.25) is 0 Å². The van der Waals surface area contributed by atoms with Gasteiger partial charge in [-0.15, -0.1) is 4.99 Å². The summed E-state index contributed by atoms with van der Waals surface area (Å²) in [4.78, 5) is 5.75. The predicted molar refractivity (Wildman–Crippen MR) is 49.5 cm³/mol. The van der Waals surface area contributed by atoms with Crippen molar-refractivity contribution in [1.29, 1.82) is 5.26 Å². The van der Waals surface area contributed by atoms with Crippen LogP contribution in [0.3, 0.4) is 0 Å². The summed E-state index contributed by atoms with van der Waals surface area (Å²) in [6.45, 7) is 5.90. The molecule has 0 aliphatic heterocycles. The molecule has 0 saturated heterocycles. The molecular weight excluding hydrogens is 158 g/mol. The van der Waals surface area contributed by atoms with Crippen molar-refractivity contribution in [3.63, 3.8) is 0 Å². The van der Waals surface area contributed by atoms with E-state index in [9.17, 15) is 0 Å². The molecule has 0 aromatic carbocycles. The molecule has 0 amide bonds. The van der Waals surface area contributed by atoms with E-state index in [1.54, 1.807) is 6.19 Å². The Morgan fingerprint density at radius 3 is 2.36 bits per heavy atom. The molecule has 0 heterocycles. The summed E-state index contributed by atoms with van der Waals surface area (Å²) in [7, 11) is 0. The number of hydrogen-bond acceptors (Lipinski definition) is 3. The summed E-state index contributed by atoms with van der Waals surface area (Å²) in [5, 5.41) is 9.13. The van der Waals surface area contributed by atoms with E-state index in [4.69, 9.17) is 5.26 Å². The van der Waals surface area contributed by atoms with Gasteiger partial charge in [-0.2, -0.15) is 5.26 Å². The second-order valence-corrected chi connectivity index (χ2v) is 2.64. The molecule has 0 aliphatic rings. The van der Waals surface area contributed by atoms with Crippen LogP contribution < -0.4 is 0 Å². The first kappa shape index (κ1) is 10.3. The molecule has 0 aromatic heterocycles. The molecule has 0 atom stereocenters. The van der Waals surface area contributed by atoms with Crippen molar-refractivity contribution in [2.45, 2.75) is 13.8 Å². The Balaban J connectivity index is 4.24. The Hall–Kier alpha value is -0.690. The van der Waals surface area contributed by atoms with Crippen molar-refractivity contribution in [1.82, 2.24) is 4.90 Å². The van der Waals surface area contributed by atoms with Crippen LogP contribution in [-0.2, 0) is 0 Å². The van der Waals surface area contributed by atoms with Crippen LogP contribution in [0.15, 0.2) is 4.99 Å². The molecule has 3 nitrogen and oxygen atoms in total. The number of amidine groups is 1. The molecule has 0 rings (SSSR count). The number of aliphatic imine (C=N–C) groups is 1. The third-order valence-corrected chi connectivity index (χ3v) is 2.08. The Morgan fingerprint density at radius 2 is 2.09 bits per heavy atom. The molecule has 4 heteroatoms. The highest BCUT2D eigenvalue weighted by atomic mass is 32.2. The Labute approximate surface area is 72.1 Å². The number of rotatable bonds is 2. The molecule has 0 fully saturated rings. The average molecular weight is 171 g/mol. The first-order chi connectivity index (χ1) is 5.29. The zero-order valence-electron chi connectivity index (χ0n) is 7.16. The molecule has 0 radical (unpaired) electrons. The minimum Gasteiger partial charge on any atom is -0.351 e. The third-order valence-electron chi connectivity index (χ3n) is 1.36. The minimum absolute atomic E-state index is 0.803. The van der Waals surface area contributed by atoms with Gasteiger partial charge in [0.2, 0.25) is 6.19 Å². The largest absolute Gasteiger partial charge is 0.351 e. The molecular formula is C7H13N3S. The standard InChI is InChI=1S/C7H13N3S/c1-4-10(5-2)7(11-3)9-6-8/h4-5H2,1-3H3/b9-7-. The Kier molecular flexibility index (Phi) is 5.67. The molecule has 0 spiro atoms. The van der Waals surface area contributed by atoms with Crippen LogP contribution >= 0.6 is 11.8 Å². The van der Waals surface area contributed by atoms with E-state index in [1.165, 1.54) is 11.8 Å². The van der Waals surface area contributed by atoms with E-state index in [0.717, 1.165) is 18.3 Å². The number of thioether (sulfide) groups is 1. The van der Waals surface area contributed by atoms with E-state index in [2.05, 4.69) is 4.99 Å². The maximum absolute atomic E-state index is 8.33. The number of nitriles is 1. The van der Waals surface area contributed by atoms with Gasteiger partial charge in [0.15, 0.2) is 5.17 Å². The monoisotopic (exact) mass is 171 g/mol. The summed E-state index contributed by atoms with van der Waals surface area (Å²) in [5.74, 6) is 0. The van der Waals surface area contributed by atoms with Crippen LogP contribution in [0.1, 0.15) is 13.8 Å². The lowest BCUT2D eigenvalue weighted by Gasteiger charge is -2.19. The Bertz CT molecular complexity index is 167. The van der Waals surface area contributed by atoms with Gasteiger partial charge in [0, 0.05) is 13.1 Å². The molecule has 11 heavy (non-hydrogen) atoms. The van der Waals surface area contributed by atoms with Crippen LogP contribution in [0.25, 0.3) is 0 Å². The summed E-state index contributed by atoms with van der Waals surface area (Å²) in [5.41, 5.74) is 0. The quantitative estimate of drug-likeness (QED) is 0.359. The van der Waals surface area contributed by atoms with Crippen molar-refractivity contribution in [2.24, 2.45) is 4.99 Å². The van der Waals surface area contributed by atoms with Gasteiger partial charge in [-0.05, 0) is 20.1 Å². The topological polar surface area (TPSA) is 39.4 Å². The second-order valence-electron chi connectivity index (χ2n) is 1.87. The van der Waals surface area contributed by atoms with Gasteiger partial charge < -0.3 is 4.90 Å². The maximum atomic E-state index is 8.33. The van der Waals surface area contributed by atoms with E-state index in [1.807, 2.05) is 25.0 Å². The van der Waals surface area contributed by atoms with E-state index >= 15 is 0 Å². The Morgan fingerprint density at radius 1 is 1.55 bits per heavy atom. The number of nitrogens with zero attached hydrogens (tertiary/aromatic N) is 3. The van der Waals surface area contributed by atoms with Crippen molar-refractivity contribution >= 4 is 16.9 Å². The highest BCUT2D eigenvalue weighted by Gasteiger charge is 2.04. The lowest BCUT2D eigenvalue weighted by atomic mass is 10.6. The van der Waals surface area contributed by atoms with Crippen LogP contribution in [0, 0.1) is 11.5 Å². The fourth-order valence-corrected chi connectivity index (χ4v) is 1.43. The van der Waals surface area contributed by atoms with E-state index < -0.39 is 0 Å². The normalized spacial score (nSPS) is 10.9. The molecule has 0 unspecified atom stereocenters. The second kappa shape index (κ2) is 6.05. The fourth-order valence-electron chi connectivity index (χ4n) is 0.782. The van der Waals surface area contributed by atoms with Crippen molar-refractivity contribution in [2.75, 3.05) is 19.3 Å². The van der Waals surface area contributed by atoms with Gasteiger partial charge in [-0.1, -0.05) is 11.8 Å². The lowest BCUT2D eigenvalue weighted by Crippen LogP contribution is -2.27. The summed E-state index contributed by atoms with van der Waals surface area (Å²) in [6, 6.07) is 0. The molecule has 0 aliphatic carbocycles. The van der Waals surface area contributed by atoms with Gasteiger partial charge >= 0.3 is 0 Å². The fraction of sp³-hybridized carbons (Fsp3) is 0.714. The van der Waals surface area contributed by atoms with Gasteiger partial charge in [0.05, 0.1) is 0 Å². The van der Waals surface area contributed by atoms with Crippen molar-refractivity contribution < 1.29 is 0 Å². The first-order valence-electron chi connectivity index (χ1n) is 3.55. The van der Waals surface area contributed by atoms with Gasteiger partial charge in [0.25, 0.3) is 0 Å². The smallest absolute Gasteiger partial charge is 0.208 e. The summed E-state index contributed by atoms with van der Waals surface area (Å²) in [6.07, 6.45) is 3.72. The van der Waals surface area contributed by atoms with Crippen LogP contribution in [0.5, 0.6) is 0 Å². The number of hydrogen-bond donors (Lipinski definition) is 0. The van der Waals surface area contributed by atoms with Crippen molar-refractivity contribution in [3.8, 4) is 6.19 Å². The van der Waals surface area contributed by atoms with Crippen molar-refractivity contribution in [3.05, 3.63) is 0 Å². The van der Waals surface area contributed by atoms with E-state index in [0.29, 0.717) is 0 Å².